The van der Waals surface area contributed by atoms with E-state index in [0.717, 1.165) is 36.4 Å². The van der Waals surface area contributed by atoms with Crippen molar-refractivity contribution >= 4 is 43.1 Å². The molecule has 0 bridgehead atoms. The summed E-state index contributed by atoms with van der Waals surface area (Å²) in [5.74, 6) is 2.98. The van der Waals surface area contributed by atoms with Gasteiger partial charge in [0.1, 0.15) is 16.3 Å². The average Bonchev–Trinajstić information content (AvgIpc) is 3.22. The Bertz CT molecular complexity index is 1930. The summed E-state index contributed by atoms with van der Waals surface area (Å²) < 4.78 is 44.4. The first kappa shape index (κ1) is 22.3. The third-order valence-electron chi connectivity index (χ3n) is 6.98. The summed E-state index contributed by atoms with van der Waals surface area (Å²) in [4.78, 5) is 20.6. The largest absolute Gasteiger partial charge is 0.496 e. The maximum Gasteiger partial charge on any atom is 0.333 e. The minimum absolute atomic E-state index is 0.154. The number of hydrogen-bond donors (Lipinski definition) is 1. The Morgan fingerprint density at radius 2 is 1.97 bits per heavy atom. The zero-order chi connectivity index (χ0) is 25.2. The van der Waals surface area contributed by atoms with Gasteiger partial charge in [0.05, 0.1) is 23.4 Å². The zero-order valence-electron chi connectivity index (χ0n) is 19.2. The maximum absolute atomic E-state index is 13.8. The van der Waals surface area contributed by atoms with E-state index in [1.807, 2.05) is 18.2 Å². The SMILES string of the molecule is C#Cc1ccc2c(c1)[nH]c1c2c(=O)c2cc(OC)c(-c3cncc(S(=O)(=O)F)c3)cc2n1C1CCC1. The molecule has 5 aromatic rings. The molecule has 2 aromatic carbocycles. The van der Waals surface area contributed by atoms with Crippen LogP contribution in [0.25, 0.3) is 44.0 Å². The summed E-state index contributed by atoms with van der Waals surface area (Å²) >= 11 is 0. The third kappa shape index (κ3) is 3.29. The molecule has 36 heavy (non-hydrogen) atoms. The molecular weight excluding hydrogens is 481 g/mol. The van der Waals surface area contributed by atoms with E-state index < -0.39 is 15.1 Å². The Morgan fingerprint density at radius 1 is 1.17 bits per heavy atom. The van der Waals surface area contributed by atoms with Gasteiger partial charge in [0.25, 0.3) is 0 Å². The molecule has 1 fully saturated rings. The second-order valence-corrected chi connectivity index (χ2v) is 10.3. The van der Waals surface area contributed by atoms with E-state index in [-0.39, 0.29) is 11.5 Å². The van der Waals surface area contributed by atoms with Crippen LogP contribution in [0.4, 0.5) is 3.89 Å². The van der Waals surface area contributed by atoms with E-state index in [4.69, 9.17) is 11.2 Å². The Balaban J connectivity index is 1.74. The number of aromatic nitrogens is 3. The highest BCUT2D eigenvalue weighted by Gasteiger charge is 2.27. The number of methoxy groups -OCH3 is 1. The molecule has 1 N–H and O–H groups in total. The van der Waals surface area contributed by atoms with E-state index in [1.54, 1.807) is 12.1 Å². The second kappa shape index (κ2) is 7.93. The van der Waals surface area contributed by atoms with Crippen LogP contribution in [0.2, 0.25) is 0 Å². The van der Waals surface area contributed by atoms with Crippen LogP contribution < -0.4 is 10.2 Å². The summed E-state index contributed by atoms with van der Waals surface area (Å²) in [7, 11) is -3.48. The van der Waals surface area contributed by atoms with Crippen LogP contribution in [-0.2, 0) is 10.2 Å². The van der Waals surface area contributed by atoms with Crippen molar-refractivity contribution in [2.24, 2.45) is 0 Å². The first-order chi connectivity index (χ1) is 17.3. The van der Waals surface area contributed by atoms with Crippen molar-refractivity contribution in [2.45, 2.75) is 30.2 Å². The van der Waals surface area contributed by atoms with Gasteiger partial charge in [-0.3, -0.25) is 9.78 Å². The molecule has 6 rings (SSSR count). The molecule has 0 spiro atoms. The lowest BCUT2D eigenvalue weighted by molar-refractivity contribution is 0.327. The first-order valence-electron chi connectivity index (χ1n) is 11.4. The van der Waals surface area contributed by atoms with Crippen molar-refractivity contribution in [3.05, 3.63) is 64.6 Å². The van der Waals surface area contributed by atoms with Crippen molar-refractivity contribution in [2.75, 3.05) is 7.11 Å². The topological polar surface area (TPSA) is 94.1 Å². The summed E-state index contributed by atoms with van der Waals surface area (Å²) in [5.41, 5.74) is 3.56. The van der Waals surface area contributed by atoms with Gasteiger partial charge in [-0.1, -0.05) is 12.0 Å². The maximum atomic E-state index is 13.8. The number of aromatic amines is 1. The van der Waals surface area contributed by atoms with Crippen LogP contribution in [0.5, 0.6) is 5.75 Å². The van der Waals surface area contributed by atoms with E-state index in [0.29, 0.717) is 44.4 Å². The lowest BCUT2D eigenvalue weighted by Crippen LogP contribution is -2.21. The minimum atomic E-state index is -4.95. The fourth-order valence-corrected chi connectivity index (χ4v) is 5.46. The fraction of sp³-hybridized carbons (Fsp3) is 0.185. The number of H-pyrrole nitrogens is 1. The number of ether oxygens (including phenoxy) is 1. The van der Waals surface area contributed by atoms with Gasteiger partial charge in [-0.05, 0) is 49.6 Å². The van der Waals surface area contributed by atoms with Crippen LogP contribution in [-0.4, -0.2) is 30.1 Å². The average molecular weight is 502 g/mol. The van der Waals surface area contributed by atoms with Gasteiger partial charge < -0.3 is 14.3 Å². The van der Waals surface area contributed by atoms with Gasteiger partial charge in [0.2, 0.25) is 0 Å². The number of benzene rings is 2. The van der Waals surface area contributed by atoms with Gasteiger partial charge in [-0.2, -0.15) is 8.42 Å². The highest BCUT2D eigenvalue weighted by atomic mass is 32.3. The summed E-state index contributed by atoms with van der Waals surface area (Å²) in [6, 6.07) is 10.4. The predicted molar refractivity (Wildman–Crippen MR) is 136 cm³/mol. The van der Waals surface area contributed by atoms with Crippen LogP contribution in [0.3, 0.4) is 0 Å². The van der Waals surface area contributed by atoms with Crippen molar-refractivity contribution in [3.63, 3.8) is 0 Å². The van der Waals surface area contributed by atoms with Crippen molar-refractivity contribution in [1.82, 2.24) is 14.5 Å². The molecule has 0 radical (unpaired) electrons. The summed E-state index contributed by atoms with van der Waals surface area (Å²) in [6.07, 6.45) is 11.0. The quantitative estimate of drug-likeness (QED) is 0.274. The smallest absolute Gasteiger partial charge is 0.333 e. The lowest BCUT2D eigenvalue weighted by atomic mass is 9.91. The Hall–Kier alpha value is -4.16. The molecule has 1 saturated carbocycles. The van der Waals surface area contributed by atoms with Crippen molar-refractivity contribution in [1.29, 1.82) is 0 Å². The minimum Gasteiger partial charge on any atom is -0.496 e. The molecular formula is C27H20FN3O4S. The number of rotatable bonds is 4. The normalized spacial score (nSPS) is 14.2. The van der Waals surface area contributed by atoms with Gasteiger partial charge in [0.15, 0.2) is 5.43 Å². The number of halogens is 1. The first-order valence-corrected chi connectivity index (χ1v) is 12.8. The summed E-state index contributed by atoms with van der Waals surface area (Å²) in [6.45, 7) is 0. The molecule has 0 aliphatic heterocycles. The van der Waals surface area contributed by atoms with Crippen molar-refractivity contribution < 1.29 is 17.0 Å². The van der Waals surface area contributed by atoms with Crippen LogP contribution in [0.15, 0.2) is 58.5 Å². The van der Waals surface area contributed by atoms with Gasteiger partial charge in [-0.15, -0.1) is 10.3 Å². The molecule has 1 aliphatic carbocycles. The standard InChI is InChI=1S/C27H20FN3O4S/c1-3-15-7-8-19-22(9-15)30-27-25(19)26(32)21-12-24(35-2)20(11-23(21)31(27)17-5-4-6-17)16-10-18(14-29-13-16)36(28,33)34/h1,7-14,17,30H,4-6H2,2H3. The number of nitrogens with one attached hydrogen (secondary N) is 1. The summed E-state index contributed by atoms with van der Waals surface area (Å²) in [5, 5.41) is 1.84. The Labute approximate surface area is 205 Å². The number of hydrogen-bond acceptors (Lipinski definition) is 5. The van der Waals surface area contributed by atoms with E-state index in [2.05, 4.69) is 20.5 Å². The van der Waals surface area contributed by atoms with E-state index in [9.17, 15) is 17.1 Å². The molecule has 0 amide bonds. The molecule has 180 valence electrons. The molecule has 0 atom stereocenters. The van der Waals surface area contributed by atoms with E-state index in [1.165, 1.54) is 19.4 Å². The number of terminal acetylenes is 1. The lowest BCUT2D eigenvalue weighted by Gasteiger charge is -2.31. The van der Waals surface area contributed by atoms with E-state index >= 15 is 0 Å². The highest BCUT2D eigenvalue weighted by Crippen LogP contribution is 2.41. The zero-order valence-corrected chi connectivity index (χ0v) is 20.0. The Morgan fingerprint density at radius 3 is 2.64 bits per heavy atom. The van der Waals surface area contributed by atoms with Crippen molar-refractivity contribution in [3.8, 4) is 29.2 Å². The van der Waals surface area contributed by atoms with Gasteiger partial charge >= 0.3 is 10.2 Å². The molecule has 0 unspecified atom stereocenters. The number of nitrogens with zero attached hydrogens (tertiary/aromatic N) is 2. The molecule has 7 nitrogen and oxygen atoms in total. The molecule has 3 heterocycles. The molecule has 0 saturated heterocycles. The number of pyridine rings is 2. The van der Waals surface area contributed by atoms with Crippen LogP contribution >= 0.6 is 0 Å². The molecule has 9 heteroatoms. The highest BCUT2D eigenvalue weighted by molar-refractivity contribution is 7.86. The van der Waals surface area contributed by atoms with Gasteiger partial charge in [-0.25, -0.2) is 0 Å². The molecule has 1 aliphatic rings. The monoisotopic (exact) mass is 501 g/mol. The number of fused-ring (bicyclic) bond motifs is 4. The molecule has 3 aromatic heterocycles. The van der Waals surface area contributed by atoms with Crippen LogP contribution in [0.1, 0.15) is 30.9 Å². The fourth-order valence-electron chi connectivity index (χ4n) is 5.01. The van der Waals surface area contributed by atoms with Gasteiger partial charge in [0, 0.05) is 46.0 Å². The van der Waals surface area contributed by atoms with Crippen LogP contribution in [0, 0.1) is 12.3 Å². The predicted octanol–water partition coefficient (Wildman–Crippen LogP) is 5.07. The second-order valence-electron chi connectivity index (χ2n) is 8.95. The Kier molecular flexibility index (Phi) is 4.92. The third-order valence-corrected chi connectivity index (χ3v) is 7.77.